The van der Waals surface area contributed by atoms with Crippen LogP contribution in [-0.4, -0.2) is 66.5 Å². The van der Waals surface area contributed by atoms with Crippen LogP contribution in [0.3, 0.4) is 0 Å². The second-order valence-electron chi connectivity index (χ2n) is 11.2. The van der Waals surface area contributed by atoms with Crippen LogP contribution in [0.5, 0.6) is 5.75 Å². The molecule has 1 fully saturated rings. The molecule has 4 heterocycles. The molecule has 2 aromatic heterocycles. The minimum absolute atomic E-state index is 0.199. The van der Waals surface area contributed by atoms with Crippen LogP contribution in [0.15, 0.2) is 42.6 Å². The van der Waals surface area contributed by atoms with Gasteiger partial charge in [0.15, 0.2) is 0 Å². The maximum absolute atomic E-state index is 12.8. The zero-order valence-electron chi connectivity index (χ0n) is 23.3. The Balaban J connectivity index is 1.50. The van der Waals surface area contributed by atoms with E-state index in [1.54, 1.807) is 18.3 Å². The fourth-order valence-electron chi connectivity index (χ4n) is 4.76. The van der Waals surface area contributed by atoms with Crippen molar-refractivity contribution in [3.05, 3.63) is 48.2 Å². The molecule has 41 heavy (non-hydrogen) atoms. The molecule has 0 atom stereocenters. The Hall–Kier alpha value is -3.93. The van der Waals surface area contributed by atoms with Crippen LogP contribution in [0.2, 0.25) is 0 Å². The Bertz CT molecular complexity index is 1400. The van der Waals surface area contributed by atoms with Gasteiger partial charge in [-0.1, -0.05) is 32.9 Å². The number of anilines is 4. The van der Waals surface area contributed by atoms with Gasteiger partial charge in [0.2, 0.25) is 5.95 Å². The van der Waals surface area contributed by atoms with Gasteiger partial charge in [-0.25, -0.2) is 14.8 Å². The molecular weight excluding hydrogens is 537 g/mol. The Morgan fingerprint density at radius 2 is 1.85 bits per heavy atom. The summed E-state index contributed by atoms with van der Waals surface area (Å²) in [6, 6.07) is 9.92. The van der Waals surface area contributed by atoms with Crippen molar-refractivity contribution in [2.75, 3.05) is 54.5 Å². The molecule has 0 unspecified atom stereocenters. The Morgan fingerprint density at radius 1 is 1.07 bits per heavy atom. The summed E-state index contributed by atoms with van der Waals surface area (Å²) in [4.78, 5) is 29.9. The molecule has 9 nitrogen and oxygen atoms in total. The first-order chi connectivity index (χ1) is 19.5. The first-order valence-electron chi connectivity index (χ1n) is 13.6. The molecule has 3 aromatic rings. The topological polar surface area (TPSA) is 92.7 Å². The van der Waals surface area contributed by atoms with Crippen LogP contribution in [0.4, 0.5) is 36.4 Å². The lowest BCUT2D eigenvalue weighted by atomic mass is 9.92. The first-order valence-corrected chi connectivity index (χ1v) is 13.6. The lowest BCUT2D eigenvalue weighted by Crippen LogP contribution is -2.37. The molecular formula is C29H33F3N6O3. The van der Waals surface area contributed by atoms with E-state index in [1.807, 2.05) is 17.0 Å². The summed E-state index contributed by atoms with van der Waals surface area (Å²) in [5.74, 6) is -0.486. The van der Waals surface area contributed by atoms with Crippen LogP contribution in [0, 0.1) is 5.41 Å². The van der Waals surface area contributed by atoms with Gasteiger partial charge in [0.1, 0.15) is 17.4 Å². The predicted molar refractivity (Wildman–Crippen MR) is 150 cm³/mol. The van der Waals surface area contributed by atoms with Gasteiger partial charge in [0.25, 0.3) is 0 Å². The van der Waals surface area contributed by atoms with Gasteiger partial charge in [-0.3, -0.25) is 0 Å². The lowest BCUT2D eigenvalue weighted by molar-refractivity contribution is -0.189. The highest BCUT2D eigenvalue weighted by Crippen LogP contribution is 2.40. The number of hydrogen-bond acceptors (Lipinski definition) is 9. The van der Waals surface area contributed by atoms with Crippen LogP contribution in [0.1, 0.15) is 32.8 Å². The molecule has 12 heteroatoms. The molecule has 5 rings (SSSR count). The number of hydrogen-bond donors (Lipinski definition) is 1. The highest BCUT2D eigenvalue weighted by Gasteiger charge is 2.41. The van der Waals surface area contributed by atoms with E-state index in [1.165, 1.54) is 12.1 Å². The van der Waals surface area contributed by atoms with Crippen LogP contribution < -0.4 is 19.9 Å². The standard InChI is InChI=1S/C29H33F3N6O3/c1-28(2,3)9-11-34-23-18-20(7-10-33-23)38-12-8-22-24(35-27(36-25(22)38)37-13-15-40-16-14-37)19-5-4-6-21(17-19)41-26(39)29(30,31)32/h4-7,10,17-18H,8-9,11-16H2,1-3H3,(H,33,34). The van der Waals surface area contributed by atoms with E-state index >= 15 is 0 Å². The number of fused-ring (bicyclic) bond motifs is 1. The van der Waals surface area contributed by atoms with E-state index in [2.05, 4.69) is 40.7 Å². The maximum Gasteiger partial charge on any atom is 0.491 e. The van der Waals surface area contributed by atoms with E-state index in [-0.39, 0.29) is 11.2 Å². The van der Waals surface area contributed by atoms with Gasteiger partial charge >= 0.3 is 12.1 Å². The van der Waals surface area contributed by atoms with Crippen LogP contribution in [0.25, 0.3) is 11.3 Å². The third-order valence-corrected chi connectivity index (χ3v) is 6.89. The van der Waals surface area contributed by atoms with Crippen molar-refractivity contribution in [1.29, 1.82) is 0 Å². The quantitative estimate of drug-likeness (QED) is 0.297. The summed E-state index contributed by atoms with van der Waals surface area (Å²) >= 11 is 0. The average Bonchev–Trinajstić information content (AvgIpc) is 3.36. The number of pyridine rings is 1. The second-order valence-corrected chi connectivity index (χ2v) is 11.2. The number of alkyl halides is 3. The molecule has 1 saturated heterocycles. The number of halogens is 3. The minimum atomic E-state index is -5.10. The normalized spacial score (nSPS) is 15.6. The van der Waals surface area contributed by atoms with Gasteiger partial charge in [0.05, 0.1) is 18.9 Å². The molecule has 0 bridgehead atoms. The lowest BCUT2D eigenvalue weighted by Gasteiger charge is -2.28. The van der Waals surface area contributed by atoms with Crippen molar-refractivity contribution >= 4 is 29.2 Å². The molecule has 0 radical (unpaired) electrons. The average molecular weight is 571 g/mol. The highest BCUT2D eigenvalue weighted by molar-refractivity contribution is 5.80. The van der Waals surface area contributed by atoms with Crippen molar-refractivity contribution in [3.8, 4) is 17.0 Å². The number of esters is 1. The zero-order chi connectivity index (χ0) is 29.2. The number of aromatic nitrogens is 3. The molecule has 2 aliphatic heterocycles. The fraction of sp³-hybridized carbons (Fsp3) is 0.448. The third kappa shape index (κ3) is 6.87. The monoisotopic (exact) mass is 570 g/mol. The zero-order valence-corrected chi connectivity index (χ0v) is 23.3. The Kier molecular flexibility index (Phi) is 8.03. The Labute approximate surface area is 236 Å². The van der Waals surface area contributed by atoms with Gasteiger partial charge in [-0.15, -0.1) is 0 Å². The van der Waals surface area contributed by atoms with E-state index < -0.39 is 12.1 Å². The van der Waals surface area contributed by atoms with Gasteiger partial charge in [-0.2, -0.15) is 18.2 Å². The van der Waals surface area contributed by atoms with E-state index in [9.17, 15) is 18.0 Å². The number of nitrogens with zero attached hydrogens (tertiary/aromatic N) is 5. The number of morpholine rings is 1. The van der Waals surface area contributed by atoms with Crippen molar-refractivity contribution in [3.63, 3.8) is 0 Å². The van der Waals surface area contributed by atoms with Crippen LogP contribution in [-0.2, 0) is 16.0 Å². The summed E-state index contributed by atoms with van der Waals surface area (Å²) < 4.78 is 48.6. The third-order valence-electron chi connectivity index (χ3n) is 6.89. The van der Waals surface area contributed by atoms with Crippen molar-refractivity contribution in [1.82, 2.24) is 15.0 Å². The highest BCUT2D eigenvalue weighted by atomic mass is 19.4. The molecule has 0 spiro atoms. The first kappa shape index (κ1) is 28.6. The van der Waals surface area contributed by atoms with Gasteiger partial charge in [0, 0.05) is 55.3 Å². The smallest absolute Gasteiger partial charge is 0.420 e. The molecule has 0 amide bonds. The Morgan fingerprint density at radius 3 is 2.59 bits per heavy atom. The van der Waals surface area contributed by atoms with E-state index in [0.717, 1.165) is 35.9 Å². The number of benzene rings is 1. The maximum atomic E-state index is 12.8. The fourth-order valence-corrected chi connectivity index (χ4v) is 4.76. The molecule has 1 aromatic carbocycles. The number of carbonyl (C=O) groups excluding carboxylic acids is 1. The minimum Gasteiger partial charge on any atom is -0.420 e. The molecule has 0 aliphatic carbocycles. The van der Waals surface area contributed by atoms with Crippen molar-refractivity contribution in [2.24, 2.45) is 5.41 Å². The van der Waals surface area contributed by atoms with Gasteiger partial charge in [-0.05, 0) is 36.5 Å². The SMILES string of the molecule is CC(C)(C)CCNc1cc(N2CCc3c(-c4cccc(OC(=O)C(F)(F)F)c4)nc(N4CCOCC4)nc32)ccn1. The number of carbonyl (C=O) groups is 1. The molecule has 2 aliphatic rings. The summed E-state index contributed by atoms with van der Waals surface area (Å²) in [5, 5.41) is 3.41. The van der Waals surface area contributed by atoms with E-state index in [0.29, 0.717) is 56.5 Å². The molecule has 218 valence electrons. The number of nitrogens with one attached hydrogen (secondary N) is 1. The van der Waals surface area contributed by atoms with Crippen molar-refractivity contribution in [2.45, 2.75) is 39.8 Å². The number of rotatable bonds is 7. The van der Waals surface area contributed by atoms with Crippen molar-refractivity contribution < 1.29 is 27.4 Å². The molecule has 0 saturated carbocycles. The van der Waals surface area contributed by atoms with Crippen LogP contribution >= 0.6 is 0 Å². The van der Waals surface area contributed by atoms with E-state index in [4.69, 9.17) is 14.7 Å². The summed E-state index contributed by atoms with van der Waals surface area (Å²) in [5.41, 5.74) is 3.10. The molecule has 1 N–H and O–H groups in total. The number of ether oxygens (including phenoxy) is 2. The second kappa shape index (κ2) is 11.5. The van der Waals surface area contributed by atoms with Gasteiger partial charge < -0.3 is 24.6 Å². The predicted octanol–water partition coefficient (Wildman–Crippen LogP) is 5.39. The summed E-state index contributed by atoms with van der Waals surface area (Å²) in [6.45, 7) is 10.3. The largest absolute Gasteiger partial charge is 0.491 e. The summed E-state index contributed by atoms with van der Waals surface area (Å²) in [7, 11) is 0. The summed E-state index contributed by atoms with van der Waals surface area (Å²) in [6.07, 6.45) is -1.73.